The molecular weight excluding hydrogens is 360 g/mol. The van der Waals surface area contributed by atoms with Crippen LogP contribution in [-0.2, 0) is 9.47 Å². The summed E-state index contributed by atoms with van der Waals surface area (Å²) < 4.78 is 10.8. The lowest BCUT2D eigenvalue weighted by Gasteiger charge is -2.39. The molecule has 6 nitrogen and oxygen atoms in total. The van der Waals surface area contributed by atoms with Gasteiger partial charge in [0.1, 0.15) is 24.4 Å². The minimum absolute atomic E-state index is 0.427. The van der Waals surface area contributed by atoms with Crippen LogP contribution in [0, 0.1) is 0 Å². The van der Waals surface area contributed by atoms with E-state index in [0.29, 0.717) is 6.61 Å². The van der Waals surface area contributed by atoms with E-state index in [9.17, 15) is 15.3 Å². The van der Waals surface area contributed by atoms with Crippen molar-refractivity contribution in [3.63, 3.8) is 0 Å². The average molecular weight is 405 g/mol. The molecule has 28 heavy (non-hydrogen) atoms. The van der Waals surface area contributed by atoms with Crippen molar-refractivity contribution in [1.82, 2.24) is 0 Å². The van der Waals surface area contributed by atoms with Gasteiger partial charge in [-0.25, -0.2) is 0 Å². The summed E-state index contributed by atoms with van der Waals surface area (Å²) in [6, 6.07) is 0. The Balaban J connectivity index is 1.90. The van der Waals surface area contributed by atoms with E-state index in [1.165, 1.54) is 77.0 Å². The van der Waals surface area contributed by atoms with Crippen LogP contribution in [0.2, 0.25) is 0 Å². The van der Waals surface area contributed by atoms with Crippen LogP contribution < -0.4 is 0 Å². The van der Waals surface area contributed by atoms with Crippen LogP contribution >= 0.6 is 0 Å². The standard InChI is InChI=1S/C22H44O6/c1-2-3-4-5-6-7-8-9-10-11-12-13-14-15-16-27-22-21(26)20(25)19(24)18(17-23)28-22/h18-26H,2-17H2,1H3/t18-,19-,20+,21-,22?/m1/s1. The largest absolute Gasteiger partial charge is 0.394 e. The van der Waals surface area contributed by atoms with Crippen molar-refractivity contribution in [2.24, 2.45) is 0 Å². The zero-order chi connectivity index (χ0) is 20.6. The van der Waals surface area contributed by atoms with Gasteiger partial charge < -0.3 is 29.9 Å². The molecule has 1 aliphatic heterocycles. The second kappa shape index (κ2) is 16.5. The summed E-state index contributed by atoms with van der Waals surface area (Å²) in [7, 11) is 0. The van der Waals surface area contributed by atoms with Gasteiger partial charge in [-0.15, -0.1) is 0 Å². The van der Waals surface area contributed by atoms with Gasteiger partial charge in [-0.3, -0.25) is 0 Å². The lowest BCUT2D eigenvalue weighted by atomic mass is 9.99. The van der Waals surface area contributed by atoms with Crippen molar-refractivity contribution in [2.75, 3.05) is 13.2 Å². The first kappa shape index (κ1) is 25.8. The van der Waals surface area contributed by atoms with E-state index in [1.54, 1.807) is 0 Å². The molecule has 1 aliphatic rings. The van der Waals surface area contributed by atoms with Crippen LogP contribution in [0.25, 0.3) is 0 Å². The molecule has 0 amide bonds. The van der Waals surface area contributed by atoms with E-state index in [4.69, 9.17) is 14.6 Å². The minimum Gasteiger partial charge on any atom is -0.394 e. The Labute approximate surface area is 171 Å². The molecule has 5 atom stereocenters. The Kier molecular flexibility index (Phi) is 15.2. The lowest BCUT2D eigenvalue weighted by molar-refractivity contribution is -0.301. The fourth-order valence-corrected chi connectivity index (χ4v) is 3.70. The van der Waals surface area contributed by atoms with Gasteiger partial charge in [0.25, 0.3) is 0 Å². The molecule has 0 aromatic carbocycles. The number of aliphatic hydroxyl groups excluding tert-OH is 4. The SMILES string of the molecule is CCCCCCCCCCCCCCCCOC1O[C@H](CO)[C@@H](O)[C@H](O)[C@H]1O. The molecule has 1 fully saturated rings. The van der Waals surface area contributed by atoms with Crippen molar-refractivity contribution in [1.29, 1.82) is 0 Å². The molecule has 0 bridgehead atoms. The minimum atomic E-state index is -1.37. The molecule has 0 aromatic rings. The molecule has 1 unspecified atom stereocenters. The predicted molar refractivity (Wildman–Crippen MR) is 110 cm³/mol. The summed E-state index contributed by atoms with van der Waals surface area (Å²) in [5.41, 5.74) is 0. The van der Waals surface area contributed by atoms with E-state index in [1.807, 2.05) is 0 Å². The summed E-state index contributed by atoms with van der Waals surface area (Å²) in [6.45, 7) is 2.26. The van der Waals surface area contributed by atoms with Gasteiger partial charge in [0.05, 0.1) is 6.61 Å². The number of hydrogen-bond acceptors (Lipinski definition) is 6. The summed E-state index contributed by atoms with van der Waals surface area (Å²) in [5.74, 6) is 0. The zero-order valence-electron chi connectivity index (χ0n) is 17.8. The van der Waals surface area contributed by atoms with Crippen LogP contribution in [0.4, 0.5) is 0 Å². The van der Waals surface area contributed by atoms with Crippen LogP contribution in [0.3, 0.4) is 0 Å². The van der Waals surface area contributed by atoms with E-state index in [0.717, 1.165) is 12.8 Å². The first-order valence-electron chi connectivity index (χ1n) is 11.5. The summed E-state index contributed by atoms with van der Waals surface area (Å²) in [5, 5.41) is 38.5. The molecule has 6 heteroatoms. The summed E-state index contributed by atoms with van der Waals surface area (Å²) in [6.07, 6.45) is 12.1. The molecule has 0 saturated carbocycles. The quantitative estimate of drug-likeness (QED) is 0.278. The number of aliphatic hydroxyl groups is 4. The third-order valence-electron chi connectivity index (χ3n) is 5.63. The molecule has 1 rings (SSSR count). The molecular formula is C22H44O6. The van der Waals surface area contributed by atoms with E-state index in [-0.39, 0.29) is 0 Å². The molecule has 168 valence electrons. The number of rotatable bonds is 17. The fraction of sp³-hybridized carbons (Fsp3) is 1.00. The monoisotopic (exact) mass is 404 g/mol. The van der Waals surface area contributed by atoms with Crippen LogP contribution in [0.1, 0.15) is 96.8 Å². The van der Waals surface area contributed by atoms with Gasteiger partial charge >= 0.3 is 0 Å². The van der Waals surface area contributed by atoms with Crippen LogP contribution in [0.15, 0.2) is 0 Å². The molecule has 4 N–H and O–H groups in total. The Morgan fingerprint density at radius 3 is 1.57 bits per heavy atom. The highest BCUT2D eigenvalue weighted by Crippen LogP contribution is 2.22. The topological polar surface area (TPSA) is 99.4 Å². The molecule has 0 aliphatic carbocycles. The van der Waals surface area contributed by atoms with E-state index in [2.05, 4.69) is 6.92 Å². The second-order valence-corrected chi connectivity index (χ2v) is 8.16. The molecule has 1 saturated heterocycles. The zero-order valence-corrected chi connectivity index (χ0v) is 17.8. The Bertz CT molecular complexity index is 352. The predicted octanol–water partition coefficient (Wildman–Crippen LogP) is 3.28. The highest BCUT2D eigenvalue weighted by Gasteiger charge is 2.43. The van der Waals surface area contributed by atoms with Crippen molar-refractivity contribution in [2.45, 2.75) is 128 Å². The van der Waals surface area contributed by atoms with Crippen molar-refractivity contribution in [3.05, 3.63) is 0 Å². The van der Waals surface area contributed by atoms with Gasteiger partial charge in [0.15, 0.2) is 6.29 Å². The normalized spacial score (nSPS) is 28.0. The Hall–Kier alpha value is -0.240. The Morgan fingerprint density at radius 1 is 0.643 bits per heavy atom. The Morgan fingerprint density at radius 2 is 1.11 bits per heavy atom. The van der Waals surface area contributed by atoms with Gasteiger partial charge in [0, 0.05) is 6.61 Å². The van der Waals surface area contributed by atoms with E-state index < -0.39 is 37.3 Å². The van der Waals surface area contributed by atoms with Gasteiger partial charge in [-0.05, 0) is 6.42 Å². The number of ether oxygens (including phenoxy) is 2. The van der Waals surface area contributed by atoms with E-state index >= 15 is 0 Å². The molecule has 1 heterocycles. The highest BCUT2D eigenvalue weighted by molar-refractivity contribution is 4.88. The molecule has 0 radical (unpaired) electrons. The first-order chi connectivity index (χ1) is 13.6. The van der Waals surface area contributed by atoms with Gasteiger partial charge in [-0.1, -0.05) is 90.4 Å². The van der Waals surface area contributed by atoms with Crippen molar-refractivity contribution >= 4 is 0 Å². The smallest absolute Gasteiger partial charge is 0.186 e. The third-order valence-corrected chi connectivity index (χ3v) is 5.63. The lowest BCUT2D eigenvalue weighted by Crippen LogP contribution is -2.59. The van der Waals surface area contributed by atoms with Crippen molar-refractivity contribution in [3.8, 4) is 0 Å². The first-order valence-corrected chi connectivity index (χ1v) is 11.5. The third kappa shape index (κ3) is 10.5. The van der Waals surface area contributed by atoms with Crippen molar-refractivity contribution < 1.29 is 29.9 Å². The maximum absolute atomic E-state index is 9.89. The number of unbranched alkanes of at least 4 members (excludes halogenated alkanes) is 13. The van der Waals surface area contributed by atoms with Crippen LogP contribution in [0.5, 0.6) is 0 Å². The van der Waals surface area contributed by atoms with Crippen LogP contribution in [-0.4, -0.2) is 64.3 Å². The highest BCUT2D eigenvalue weighted by atomic mass is 16.7. The number of hydrogen-bond donors (Lipinski definition) is 4. The average Bonchev–Trinajstić information content (AvgIpc) is 2.70. The summed E-state index contributed by atoms with van der Waals surface area (Å²) >= 11 is 0. The van der Waals surface area contributed by atoms with Gasteiger partial charge in [-0.2, -0.15) is 0 Å². The van der Waals surface area contributed by atoms with Gasteiger partial charge in [0.2, 0.25) is 0 Å². The summed E-state index contributed by atoms with van der Waals surface area (Å²) in [4.78, 5) is 0. The maximum atomic E-state index is 9.89. The maximum Gasteiger partial charge on any atom is 0.186 e. The fourth-order valence-electron chi connectivity index (χ4n) is 3.70. The molecule has 0 spiro atoms. The second-order valence-electron chi connectivity index (χ2n) is 8.16. The molecule has 0 aromatic heterocycles.